The predicted octanol–water partition coefficient (Wildman–Crippen LogP) is 3.20. The summed E-state index contributed by atoms with van der Waals surface area (Å²) < 4.78 is 0. The van der Waals surface area contributed by atoms with Crippen molar-refractivity contribution in [1.29, 1.82) is 0 Å². The van der Waals surface area contributed by atoms with Crippen LogP contribution in [-0.2, 0) is 24.2 Å². The molecule has 1 aromatic carbocycles. The Labute approximate surface area is 191 Å². The van der Waals surface area contributed by atoms with Gasteiger partial charge in [0.05, 0.1) is 40.1 Å². The Hall–Kier alpha value is -2.51. The van der Waals surface area contributed by atoms with E-state index in [4.69, 9.17) is 23.2 Å². The van der Waals surface area contributed by atoms with Crippen molar-refractivity contribution < 1.29 is 9.59 Å². The maximum Gasteiger partial charge on any atom is 0.317 e. The molecule has 1 atom stereocenters. The molecule has 0 saturated carbocycles. The van der Waals surface area contributed by atoms with E-state index in [1.54, 1.807) is 30.1 Å². The van der Waals surface area contributed by atoms with E-state index in [2.05, 4.69) is 15.6 Å². The van der Waals surface area contributed by atoms with E-state index in [9.17, 15) is 9.59 Å². The van der Waals surface area contributed by atoms with E-state index >= 15 is 0 Å². The Morgan fingerprint density at radius 1 is 1.19 bits per heavy atom. The number of nitrogens with one attached hydrogen (secondary N) is 2. The highest BCUT2D eigenvalue weighted by atomic mass is 35.5. The van der Waals surface area contributed by atoms with E-state index in [0.717, 1.165) is 29.8 Å². The number of urea groups is 1. The smallest absolute Gasteiger partial charge is 0.317 e. The highest BCUT2D eigenvalue weighted by Gasteiger charge is 2.36. The first kappa shape index (κ1) is 21.7. The highest BCUT2D eigenvalue weighted by molar-refractivity contribution is 6.42. The van der Waals surface area contributed by atoms with Crippen molar-refractivity contribution in [1.82, 2.24) is 20.1 Å². The number of rotatable bonds is 5. The van der Waals surface area contributed by atoms with Gasteiger partial charge in [0, 0.05) is 33.2 Å². The molecule has 1 unspecified atom stereocenters. The van der Waals surface area contributed by atoms with Crippen molar-refractivity contribution >= 4 is 40.8 Å². The fourth-order valence-corrected chi connectivity index (χ4v) is 4.60. The first-order chi connectivity index (χ1) is 14.9. The van der Waals surface area contributed by atoms with Gasteiger partial charge in [-0.1, -0.05) is 29.3 Å². The van der Waals surface area contributed by atoms with Crippen LogP contribution in [0.5, 0.6) is 0 Å². The summed E-state index contributed by atoms with van der Waals surface area (Å²) in [6.07, 6.45) is 3.50. The number of fused-ring (bicyclic) bond motifs is 1. The molecule has 1 saturated heterocycles. The number of anilines is 1. The molecule has 7 nitrogen and oxygen atoms in total. The highest BCUT2D eigenvalue weighted by Crippen LogP contribution is 2.35. The number of pyridine rings is 1. The number of carbonyl (C=O) groups excluding carboxylic acids is 2. The normalized spacial score (nSPS) is 17.7. The molecule has 3 amide bonds. The number of hydrogen-bond donors (Lipinski definition) is 2. The zero-order chi connectivity index (χ0) is 22.1. The number of amides is 3. The average molecular weight is 462 g/mol. The lowest BCUT2D eigenvalue weighted by Crippen LogP contribution is -2.57. The Morgan fingerprint density at radius 2 is 1.97 bits per heavy atom. The average Bonchev–Trinajstić information content (AvgIpc) is 3.14. The lowest BCUT2D eigenvalue weighted by atomic mass is 9.99. The summed E-state index contributed by atoms with van der Waals surface area (Å²) in [5.41, 5.74) is 4.08. The van der Waals surface area contributed by atoms with Crippen molar-refractivity contribution in [3.05, 3.63) is 57.3 Å². The zero-order valence-corrected chi connectivity index (χ0v) is 19.0. The molecule has 4 rings (SSSR count). The minimum Gasteiger partial charge on any atom is -0.380 e. The summed E-state index contributed by atoms with van der Waals surface area (Å²) in [7, 11) is 3.35. The molecule has 31 heavy (non-hydrogen) atoms. The summed E-state index contributed by atoms with van der Waals surface area (Å²) in [5.74, 6) is -0.115. The standard InChI is InChI=1S/C22H25Cl2N5O2/c1-25-22(31)29-10-14(11-29)21(30)28(2)12-16-5-4-15(9-26-16)27-17-7-13-3-6-19(23)20(24)18(13)8-17/h3-6,9,14,17,27H,7-8,10-12H2,1-2H3,(H,25,31). The van der Waals surface area contributed by atoms with Crippen LogP contribution in [0, 0.1) is 5.92 Å². The molecule has 1 fully saturated rings. The molecule has 1 aromatic heterocycles. The van der Waals surface area contributed by atoms with Crippen LogP contribution in [0.2, 0.25) is 10.0 Å². The number of benzene rings is 1. The Balaban J connectivity index is 1.28. The third-order valence-corrected chi connectivity index (χ3v) is 6.76. The summed E-state index contributed by atoms with van der Waals surface area (Å²) >= 11 is 12.5. The van der Waals surface area contributed by atoms with Crippen LogP contribution in [0.1, 0.15) is 16.8 Å². The molecular formula is C22H25Cl2N5O2. The van der Waals surface area contributed by atoms with Crippen LogP contribution in [0.25, 0.3) is 0 Å². The molecule has 1 aliphatic carbocycles. The number of aromatic nitrogens is 1. The molecule has 0 radical (unpaired) electrons. The topological polar surface area (TPSA) is 77.6 Å². The minimum atomic E-state index is -0.146. The van der Waals surface area contributed by atoms with Crippen LogP contribution < -0.4 is 10.6 Å². The predicted molar refractivity (Wildman–Crippen MR) is 122 cm³/mol. The molecule has 0 spiro atoms. The fourth-order valence-electron chi connectivity index (χ4n) is 4.16. The van der Waals surface area contributed by atoms with Crippen molar-refractivity contribution in [3.63, 3.8) is 0 Å². The third kappa shape index (κ3) is 4.57. The van der Waals surface area contributed by atoms with E-state index in [-0.39, 0.29) is 23.9 Å². The Morgan fingerprint density at radius 3 is 2.65 bits per heavy atom. The summed E-state index contributed by atoms with van der Waals surface area (Å²) in [4.78, 5) is 31.9. The lowest BCUT2D eigenvalue weighted by Gasteiger charge is -2.39. The SMILES string of the molecule is CNC(=O)N1CC(C(=O)N(C)Cc2ccc(NC3Cc4ccc(Cl)c(Cl)c4C3)cn2)C1. The van der Waals surface area contributed by atoms with Gasteiger partial charge in [-0.3, -0.25) is 9.78 Å². The van der Waals surface area contributed by atoms with Gasteiger partial charge < -0.3 is 20.4 Å². The third-order valence-electron chi connectivity index (χ3n) is 5.91. The largest absolute Gasteiger partial charge is 0.380 e. The number of nitrogens with zero attached hydrogens (tertiary/aromatic N) is 3. The van der Waals surface area contributed by atoms with Gasteiger partial charge in [0.1, 0.15) is 0 Å². The van der Waals surface area contributed by atoms with Gasteiger partial charge in [-0.25, -0.2) is 4.79 Å². The summed E-state index contributed by atoms with van der Waals surface area (Å²) in [6.45, 7) is 1.34. The van der Waals surface area contributed by atoms with Gasteiger partial charge >= 0.3 is 6.03 Å². The molecule has 2 N–H and O–H groups in total. The van der Waals surface area contributed by atoms with Crippen LogP contribution in [0.15, 0.2) is 30.5 Å². The second kappa shape index (κ2) is 8.93. The summed E-state index contributed by atoms with van der Waals surface area (Å²) in [5, 5.41) is 7.32. The van der Waals surface area contributed by atoms with Crippen molar-refractivity contribution in [3.8, 4) is 0 Å². The van der Waals surface area contributed by atoms with Crippen LogP contribution in [-0.4, -0.2) is 59.9 Å². The van der Waals surface area contributed by atoms with Gasteiger partial charge in [-0.05, 0) is 42.2 Å². The maximum absolute atomic E-state index is 12.5. The summed E-state index contributed by atoms with van der Waals surface area (Å²) in [6, 6.07) is 7.88. The molecule has 2 aliphatic rings. The van der Waals surface area contributed by atoms with Gasteiger partial charge in [-0.2, -0.15) is 0 Å². The van der Waals surface area contributed by atoms with Crippen molar-refractivity contribution in [2.24, 2.45) is 5.92 Å². The molecule has 2 aromatic rings. The molecule has 2 heterocycles. The van der Waals surface area contributed by atoms with Crippen LogP contribution in [0.4, 0.5) is 10.5 Å². The fraction of sp³-hybridized carbons (Fsp3) is 0.409. The number of carbonyl (C=O) groups is 2. The minimum absolute atomic E-state index is 0.0309. The Bertz CT molecular complexity index is 992. The van der Waals surface area contributed by atoms with Gasteiger partial charge in [0.2, 0.25) is 5.91 Å². The molecule has 0 bridgehead atoms. The maximum atomic E-state index is 12.5. The number of hydrogen-bond acceptors (Lipinski definition) is 4. The monoisotopic (exact) mass is 461 g/mol. The first-order valence-corrected chi connectivity index (χ1v) is 11.0. The van der Waals surface area contributed by atoms with E-state index in [1.165, 1.54) is 5.56 Å². The molecule has 1 aliphatic heterocycles. The quantitative estimate of drug-likeness (QED) is 0.716. The van der Waals surface area contributed by atoms with Gasteiger partial charge in [-0.15, -0.1) is 0 Å². The molecular weight excluding hydrogens is 437 g/mol. The second-order valence-electron chi connectivity index (χ2n) is 8.14. The van der Waals surface area contributed by atoms with Crippen molar-refractivity contribution in [2.45, 2.75) is 25.4 Å². The zero-order valence-electron chi connectivity index (χ0n) is 17.5. The first-order valence-electron chi connectivity index (χ1n) is 10.2. The van der Waals surface area contributed by atoms with Gasteiger partial charge in [0.15, 0.2) is 0 Å². The van der Waals surface area contributed by atoms with Gasteiger partial charge in [0.25, 0.3) is 0 Å². The lowest BCUT2D eigenvalue weighted by molar-refractivity contribution is -0.138. The van der Waals surface area contributed by atoms with Crippen molar-refractivity contribution in [2.75, 3.05) is 32.5 Å². The molecule has 164 valence electrons. The van der Waals surface area contributed by atoms with E-state index in [0.29, 0.717) is 29.7 Å². The van der Waals surface area contributed by atoms with E-state index < -0.39 is 0 Å². The number of halogens is 2. The van der Waals surface area contributed by atoms with Crippen LogP contribution in [0.3, 0.4) is 0 Å². The van der Waals surface area contributed by atoms with E-state index in [1.807, 2.05) is 24.3 Å². The number of likely N-dealkylation sites (tertiary alicyclic amines) is 1. The van der Waals surface area contributed by atoms with Crippen LogP contribution >= 0.6 is 23.2 Å². The second-order valence-corrected chi connectivity index (χ2v) is 8.92. The Kier molecular flexibility index (Phi) is 6.25. The molecule has 9 heteroatoms.